The van der Waals surface area contributed by atoms with E-state index in [-0.39, 0.29) is 11.9 Å². The molecule has 174 valence electrons. The molecule has 1 saturated heterocycles. The lowest BCUT2D eigenvalue weighted by atomic mass is 10.1. The van der Waals surface area contributed by atoms with Crippen molar-refractivity contribution in [3.63, 3.8) is 0 Å². The SMILES string of the molecule is COc1cc(C(=O)N2CCC[C@H]2c2noc(-c3cccc(Cl)c3C)n2)c(-n2nccn2)cc1Cl. The second-order valence-electron chi connectivity index (χ2n) is 7.85. The van der Waals surface area contributed by atoms with Gasteiger partial charge in [-0.25, -0.2) is 0 Å². The molecule has 11 heteroatoms. The highest BCUT2D eigenvalue weighted by atomic mass is 35.5. The molecule has 0 saturated carbocycles. The van der Waals surface area contributed by atoms with Gasteiger partial charge in [-0.05, 0) is 49.6 Å². The highest BCUT2D eigenvalue weighted by Gasteiger charge is 2.35. The number of nitrogens with zero attached hydrogens (tertiary/aromatic N) is 6. The first-order valence-corrected chi connectivity index (χ1v) is 11.4. The van der Waals surface area contributed by atoms with Crippen LogP contribution in [0.1, 0.15) is 40.6 Å². The van der Waals surface area contributed by atoms with Crippen molar-refractivity contribution in [3.8, 4) is 22.9 Å². The van der Waals surface area contributed by atoms with Crippen LogP contribution in [0.2, 0.25) is 10.0 Å². The van der Waals surface area contributed by atoms with Gasteiger partial charge in [0.15, 0.2) is 5.82 Å². The van der Waals surface area contributed by atoms with Crippen molar-refractivity contribution in [3.05, 3.63) is 69.7 Å². The van der Waals surface area contributed by atoms with Gasteiger partial charge < -0.3 is 14.2 Å². The summed E-state index contributed by atoms with van der Waals surface area (Å²) in [5.74, 6) is 0.966. The highest BCUT2D eigenvalue weighted by molar-refractivity contribution is 6.32. The lowest BCUT2D eigenvalue weighted by Gasteiger charge is -2.23. The van der Waals surface area contributed by atoms with E-state index < -0.39 is 0 Å². The van der Waals surface area contributed by atoms with Crippen LogP contribution in [0.4, 0.5) is 0 Å². The molecule has 1 fully saturated rings. The number of ether oxygens (including phenoxy) is 1. The average Bonchev–Trinajstić information content (AvgIpc) is 3.61. The highest BCUT2D eigenvalue weighted by Crippen LogP contribution is 2.36. The van der Waals surface area contributed by atoms with Crippen molar-refractivity contribution in [2.24, 2.45) is 0 Å². The van der Waals surface area contributed by atoms with Gasteiger partial charge in [0.05, 0.1) is 36.1 Å². The van der Waals surface area contributed by atoms with Gasteiger partial charge in [-0.3, -0.25) is 4.79 Å². The maximum atomic E-state index is 13.8. The van der Waals surface area contributed by atoms with Crippen molar-refractivity contribution < 1.29 is 14.1 Å². The van der Waals surface area contributed by atoms with Gasteiger partial charge in [0.1, 0.15) is 11.4 Å². The minimum absolute atomic E-state index is 0.227. The van der Waals surface area contributed by atoms with E-state index in [0.29, 0.717) is 51.7 Å². The molecule has 0 spiro atoms. The molecule has 1 atom stereocenters. The van der Waals surface area contributed by atoms with Crippen LogP contribution in [0.25, 0.3) is 17.1 Å². The van der Waals surface area contributed by atoms with Gasteiger partial charge >= 0.3 is 0 Å². The number of hydrogen-bond acceptors (Lipinski definition) is 7. The lowest BCUT2D eigenvalue weighted by Crippen LogP contribution is -2.32. The van der Waals surface area contributed by atoms with Crippen molar-refractivity contribution in [2.45, 2.75) is 25.8 Å². The molecular weight excluding hydrogens is 479 g/mol. The number of aromatic nitrogens is 5. The number of methoxy groups -OCH3 is 1. The number of hydrogen-bond donors (Lipinski definition) is 0. The summed E-state index contributed by atoms with van der Waals surface area (Å²) in [6.07, 6.45) is 4.57. The van der Waals surface area contributed by atoms with E-state index >= 15 is 0 Å². The van der Waals surface area contributed by atoms with Crippen LogP contribution >= 0.6 is 23.2 Å². The van der Waals surface area contributed by atoms with Crippen LogP contribution in [0.15, 0.2) is 47.2 Å². The molecule has 0 N–H and O–H groups in total. The number of carbonyl (C=O) groups excluding carboxylic acids is 1. The molecule has 0 aliphatic carbocycles. The van der Waals surface area contributed by atoms with E-state index in [9.17, 15) is 4.79 Å². The molecule has 1 aliphatic rings. The summed E-state index contributed by atoms with van der Waals surface area (Å²) >= 11 is 12.6. The molecule has 34 heavy (non-hydrogen) atoms. The van der Waals surface area contributed by atoms with Crippen molar-refractivity contribution in [1.82, 2.24) is 30.0 Å². The first-order chi connectivity index (χ1) is 16.5. The third kappa shape index (κ3) is 3.91. The predicted octanol–water partition coefficient (Wildman–Crippen LogP) is 4.92. The molecule has 2 aromatic carbocycles. The quantitative estimate of drug-likeness (QED) is 0.384. The lowest BCUT2D eigenvalue weighted by molar-refractivity contribution is 0.0727. The van der Waals surface area contributed by atoms with Crippen LogP contribution in [0.5, 0.6) is 5.75 Å². The van der Waals surface area contributed by atoms with Crippen molar-refractivity contribution in [1.29, 1.82) is 0 Å². The topological polar surface area (TPSA) is 99.2 Å². The maximum Gasteiger partial charge on any atom is 0.258 e. The molecule has 1 aliphatic heterocycles. The number of carbonyl (C=O) groups is 1. The fraction of sp³-hybridized carbons (Fsp3) is 0.261. The van der Waals surface area contributed by atoms with Gasteiger partial charge in [-0.1, -0.05) is 34.4 Å². The van der Waals surface area contributed by atoms with E-state index in [1.807, 2.05) is 25.1 Å². The van der Waals surface area contributed by atoms with Crippen LogP contribution in [0, 0.1) is 6.92 Å². The van der Waals surface area contributed by atoms with Gasteiger partial charge in [0.25, 0.3) is 11.8 Å². The Morgan fingerprint density at radius 1 is 1.18 bits per heavy atom. The fourth-order valence-electron chi connectivity index (χ4n) is 4.13. The van der Waals surface area contributed by atoms with Gasteiger partial charge in [0.2, 0.25) is 0 Å². The zero-order valence-corrected chi connectivity index (χ0v) is 19.9. The summed E-state index contributed by atoms with van der Waals surface area (Å²) < 4.78 is 10.9. The largest absolute Gasteiger partial charge is 0.495 e. The molecule has 2 aromatic heterocycles. The molecule has 4 aromatic rings. The van der Waals surface area contributed by atoms with Gasteiger partial charge in [-0.2, -0.15) is 20.0 Å². The minimum atomic E-state index is -0.343. The average molecular weight is 499 g/mol. The second kappa shape index (κ2) is 9.08. The summed E-state index contributed by atoms with van der Waals surface area (Å²) in [5, 5.41) is 13.5. The molecule has 0 unspecified atom stereocenters. The van der Waals surface area contributed by atoms with E-state index in [0.717, 1.165) is 17.5 Å². The summed E-state index contributed by atoms with van der Waals surface area (Å²) in [7, 11) is 1.50. The van der Waals surface area contributed by atoms with Crippen LogP contribution in [0.3, 0.4) is 0 Å². The summed E-state index contributed by atoms with van der Waals surface area (Å²) in [6, 6.07) is 8.40. The Labute approximate surface area is 205 Å². The predicted molar refractivity (Wildman–Crippen MR) is 125 cm³/mol. The van der Waals surface area contributed by atoms with E-state index in [4.69, 9.17) is 32.5 Å². The third-order valence-electron chi connectivity index (χ3n) is 5.89. The summed E-state index contributed by atoms with van der Waals surface area (Å²) in [4.78, 5) is 21.5. The molecule has 3 heterocycles. The van der Waals surface area contributed by atoms with Crippen LogP contribution in [-0.4, -0.2) is 49.6 Å². The van der Waals surface area contributed by atoms with Gasteiger partial charge in [0, 0.05) is 17.1 Å². The molecule has 5 rings (SSSR count). The fourth-order valence-corrected chi connectivity index (χ4v) is 4.54. The zero-order chi connectivity index (χ0) is 23.8. The Kier molecular flexibility index (Phi) is 5.97. The summed E-state index contributed by atoms with van der Waals surface area (Å²) in [5.41, 5.74) is 2.42. The molecule has 0 radical (unpaired) electrons. The van der Waals surface area contributed by atoms with Crippen molar-refractivity contribution >= 4 is 29.1 Å². The number of rotatable bonds is 5. The summed E-state index contributed by atoms with van der Waals surface area (Å²) in [6.45, 7) is 2.44. The van der Waals surface area contributed by atoms with E-state index in [2.05, 4.69) is 20.3 Å². The molecule has 9 nitrogen and oxygen atoms in total. The smallest absolute Gasteiger partial charge is 0.258 e. The molecule has 1 amide bonds. The Balaban J connectivity index is 1.50. The number of amides is 1. The normalized spacial score (nSPS) is 15.6. The van der Waals surface area contributed by atoms with Crippen LogP contribution in [-0.2, 0) is 0 Å². The number of likely N-dealkylation sites (tertiary alicyclic amines) is 1. The van der Waals surface area contributed by atoms with Crippen molar-refractivity contribution in [2.75, 3.05) is 13.7 Å². The van der Waals surface area contributed by atoms with Gasteiger partial charge in [-0.15, -0.1) is 0 Å². The first-order valence-electron chi connectivity index (χ1n) is 10.6. The first kappa shape index (κ1) is 22.4. The Morgan fingerprint density at radius 3 is 2.74 bits per heavy atom. The van der Waals surface area contributed by atoms with E-state index in [1.54, 1.807) is 17.0 Å². The Morgan fingerprint density at radius 2 is 1.97 bits per heavy atom. The Bertz CT molecular complexity index is 1360. The standard InChI is InChI=1S/C23H20Cl2N6O3/c1-13-14(5-3-6-16(13)24)22-28-21(29-34-22)18-7-4-10-30(18)23(32)15-11-20(33-2)17(25)12-19(15)31-26-8-9-27-31/h3,5-6,8-9,11-12,18H,4,7,10H2,1-2H3/t18-/m0/s1. The zero-order valence-electron chi connectivity index (χ0n) is 18.4. The molecule has 0 bridgehead atoms. The molecular formula is C23H20Cl2N6O3. The monoisotopic (exact) mass is 498 g/mol. The number of benzene rings is 2. The maximum absolute atomic E-state index is 13.8. The third-order valence-corrected chi connectivity index (χ3v) is 6.59. The van der Waals surface area contributed by atoms with Crippen LogP contribution < -0.4 is 4.74 Å². The Hall–Kier alpha value is -3.43. The number of halogens is 2. The van der Waals surface area contributed by atoms with E-state index in [1.165, 1.54) is 24.3 Å². The minimum Gasteiger partial charge on any atom is -0.495 e. The second-order valence-corrected chi connectivity index (χ2v) is 8.66.